The number of furan rings is 1. The van der Waals surface area contributed by atoms with Crippen LogP contribution in [0, 0.1) is 5.82 Å². The minimum Gasteiger partial charge on any atom is -0.453 e. The average molecular weight is 350 g/mol. The lowest BCUT2D eigenvalue weighted by molar-refractivity contribution is -0.120. The van der Waals surface area contributed by atoms with Crippen LogP contribution in [0.2, 0.25) is 0 Å². The van der Waals surface area contributed by atoms with Crippen LogP contribution in [0.1, 0.15) is 11.3 Å². The van der Waals surface area contributed by atoms with Crippen LogP contribution in [0.5, 0.6) is 0 Å². The first-order chi connectivity index (χ1) is 12.7. The van der Waals surface area contributed by atoms with E-state index in [9.17, 15) is 9.18 Å². The molecule has 2 aromatic heterocycles. The smallest absolute Gasteiger partial charge is 0.226 e. The summed E-state index contributed by atoms with van der Waals surface area (Å²) in [6, 6.07) is 17.2. The van der Waals surface area contributed by atoms with Crippen LogP contribution in [0.4, 0.5) is 4.39 Å². The van der Waals surface area contributed by atoms with E-state index in [1.165, 1.54) is 12.1 Å². The van der Waals surface area contributed by atoms with Crippen molar-refractivity contribution >= 4 is 16.9 Å². The SMILES string of the molecule is O=C(Cc1cc(-c2cc3ccccc3o2)on1)NCc1ccc(F)cc1. The number of carbonyl (C=O) groups excluding carboxylic acids is 1. The zero-order valence-corrected chi connectivity index (χ0v) is 13.7. The minimum atomic E-state index is -0.305. The van der Waals surface area contributed by atoms with E-state index in [1.807, 2.05) is 30.3 Å². The molecule has 0 unspecified atom stereocenters. The molecule has 0 aliphatic heterocycles. The Morgan fingerprint density at radius 1 is 1.04 bits per heavy atom. The molecule has 1 N–H and O–H groups in total. The summed E-state index contributed by atoms with van der Waals surface area (Å²) in [5.74, 6) is 0.541. The number of aromatic nitrogens is 1. The predicted octanol–water partition coefficient (Wildman–Crippen LogP) is 4.09. The molecule has 130 valence electrons. The molecular formula is C20H15FN2O3. The van der Waals surface area contributed by atoms with Crippen LogP contribution in [0.3, 0.4) is 0 Å². The molecule has 5 nitrogen and oxygen atoms in total. The van der Waals surface area contributed by atoms with Crippen molar-refractivity contribution in [3.63, 3.8) is 0 Å². The van der Waals surface area contributed by atoms with Crippen molar-refractivity contribution in [3.8, 4) is 11.5 Å². The number of hydrogen-bond donors (Lipinski definition) is 1. The highest BCUT2D eigenvalue weighted by atomic mass is 19.1. The van der Waals surface area contributed by atoms with E-state index in [0.717, 1.165) is 16.5 Å². The first-order valence-corrected chi connectivity index (χ1v) is 8.13. The Balaban J connectivity index is 1.39. The highest BCUT2D eigenvalue weighted by Crippen LogP contribution is 2.28. The van der Waals surface area contributed by atoms with E-state index in [2.05, 4.69) is 10.5 Å². The number of para-hydroxylation sites is 1. The van der Waals surface area contributed by atoms with Crippen LogP contribution in [-0.2, 0) is 17.8 Å². The monoisotopic (exact) mass is 350 g/mol. The van der Waals surface area contributed by atoms with Gasteiger partial charge in [0.25, 0.3) is 0 Å². The molecule has 0 aliphatic carbocycles. The van der Waals surface area contributed by atoms with E-state index < -0.39 is 0 Å². The second-order valence-electron chi connectivity index (χ2n) is 5.91. The molecule has 0 bridgehead atoms. The number of nitrogens with zero attached hydrogens (tertiary/aromatic N) is 1. The fraction of sp³-hybridized carbons (Fsp3) is 0.100. The van der Waals surface area contributed by atoms with Crippen LogP contribution < -0.4 is 5.32 Å². The Bertz CT molecular complexity index is 1020. The first-order valence-electron chi connectivity index (χ1n) is 8.13. The molecular weight excluding hydrogens is 335 g/mol. The number of nitrogens with one attached hydrogen (secondary N) is 1. The number of halogens is 1. The summed E-state index contributed by atoms with van der Waals surface area (Å²) in [6.45, 7) is 0.327. The van der Waals surface area contributed by atoms with Crippen molar-refractivity contribution < 1.29 is 18.1 Å². The third-order valence-electron chi connectivity index (χ3n) is 3.97. The fourth-order valence-corrected chi connectivity index (χ4v) is 2.64. The Hall–Kier alpha value is -3.41. The van der Waals surface area contributed by atoms with Gasteiger partial charge in [-0.2, -0.15) is 0 Å². The van der Waals surface area contributed by atoms with E-state index in [4.69, 9.17) is 8.94 Å². The molecule has 4 aromatic rings. The maximum atomic E-state index is 12.9. The van der Waals surface area contributed by atoms with Gasteiger partial charge in [-0.15, -0.1) is 0 Å². The topological polar surface area (TPSA) is 68.3 Å². The molecule has 0 saturated carbocycles. The lowest BCUT2D eigenvalue weighted by atomic mass is 10.2. The van der Waals surface area contributed by atoms with E-state index >= 15 is 0 Å². The lowest BCUT2D eigenvalue weighted by Crippen LogP contribution is -2.24. The van der Waals surface area contributed by atoms with Gasteiger partial charge in [-0.1, -0.05) is 35.5 Å². The van der Waals surface area contributed by atoms with Crippen molar-refractivity contribution in [2.75, 3.05) is 0 Å². The Kier molecular flexibility index (Phi) is 4.23. The fourth-order valence-electron chi connectivity index (χ4n) is 2.64. The summed E-state index contributed by atoms with van der Waals surface area (Å²) < 4.78 is 23.9. The molecule has 0 radical (unpaired) electrons. The molecule has 4 rings (SSSR count). The van der Waals surface area contributed by atoms with Crippen LogP contribution in [0.25, 0.3) is 22.5 Å². The van der Waals surface area contributed by atoms with Gasteiger partial charge in [0, 0.05) is 18.0 Å². The molecule has 0 saturated heterocycles. The van der Waals surface area contributed by atoms with Gasteiger partial charge in [0.15, 0.2) is 5.76 Å². The normalized spacial score (nSPS) is 11.0. The van der Waals surface area contributed by atoms with Gasteiger partial charge in [-0.3, -0.25) is 4.79 Å². The Morgan fingerprint density at radius 3 is 2.65 bits per heavy atom. The summed E-state index contributed by atoms with van der Waals surface area (Å²) in [5, 5.41) is 7.66. The number of benzene rings is 2. The van der Waals surface area contributed by atoms with Gasteiger partial charge >= 0.3 is 0 Å². The maximum absolute atomic E-state index is 12.9. The number of fused-ring (bicyclic) bond motifs is 1. The first kappa shape index (κ1) is 16.1. The van der Waals surface area contributed by atoms with E-state index in [-0.39, 0.29) is 18.1 Å². The molecule has 2 heterocycles. The molecule has 26 heavy (non-hydrogen) atoms. The van der Waals surface area contributed by atoms with Gasteiger partial charge in [0.05, 0.1) is 12.1 Å². The van der Waals surface area contributed by atoms with Gasteiger partial charge in [0.1, 0.15) is 11.4 Å². The number of hydrogen-bond acceptors (Lipinski definition) is 4. The summed E-state index contributed by atoms with van der Waals surface area (Å²) in [4.78, 5) is 12.0. The zero-order valence-electron chi connectivity index (χ0n) is 13.7. The quantitative estimate of drug-likeness (QED) is 0.589. The largest absolute Gasteiger partial charge is 0.453 e. The van der Waals surface area contributed by atoms with Crippen molar-refractivity contribution in [2.45, 2.75) is 13.0 Å². The van der Waals surface area contributed by atoms with E-state index in [1.54, 1.807) is 18.2 Å². The zero-order chi connectivity index (χ0) is 17.9. The molecule has 0 aliphatic rings. The van der Waals surface area contributed by atoms with Crippen molar-refractivity contribution in [1.29, 1.82) is 0 Å². The van der Waals surface area contributed by atoms with Gasteiger partial charge in [-0.05, 0) is 29.8 Å². The average Bonchev–Trinajstić information content (AvgIpc) is 3.27. The summed E-state index contributed by atoms with van der Waals surface area (Å²) in [6.07, 6.45) is 0.0882. The highest BCUT2D eigenvalue weighted by molar-refractivity contribution is 5.82. The second kappa shape index (κ2) is 6.84. The third kappa shape index (κ3) is 3.49. The third-order valence-corrected chi connectivity index (χ3v) is 3.97. The molecule has 1 amide bonds. The number of rotatable bonds is 5. The lowest BCUT2D eigenvalue weighted by Gasteiger charge is -2.03. The molecule has 2 aromatic carbocycles. The molecule has 0 spiro atoms. The minimum absolute atomic E-state index is 0.0882. The van der Waals surface area contributed by atoms with E-state index in [0.29, 0.717) is 23.8 Å². The Morgan fingerprint density at radius 2 is 1.85 bits per heavy atom. The van der Waals surface area contributed by atoms with Crippen LogP contribution >= 0.6 is 0 Å². The van der Waals surface area contributed by atoms with Crippen molar-refractivity contribution in [1.82, 2.24) is 10.5 Å². The van der Waals surface area contributed by atoms with Crippen LogP contribution in [0.15, 0.2) is 69.6 Å². The molecule has 0 fully saturated rings. The Labute approximate surface area is 148 Å². The van der Waals surface area contributed by atoms with Gasteiger partial charge in [0.2, 0.25) is 11.7 Å². The summed E-state index contributed by atoms with van der Waals surface area (Å²) in [7, 11) is 0. The van der Waals surface area contributed by atoms with Crippen molar-refractivity contribution in [2.24, 2.45) is 0 Å². The maximum Gasteiger partial charge on any atom is 0.226 e. The molecule has 6 heteroatoms. The van der Waals surface area contributed by atoms with Crippen LogP contribution in [-0.4, -0.2) is 11.1 Å². The standard InChI is InChI=1S/C20H15FN2O3/c21-15-7-5-13(6-8-15)12-22-20(24)11-16-10-19(26-23-16)18-9-14-3-1-2-4-17(14)25-18/h1-10H,11-12H2,(H,22,24). The summed E-state index contributed by atoms with van der Waals surface area (Å²) in [5.41, 5.74) is 2.09. The molecule has 0 atom stereocenters. The second-order valence-corrected chi connectivity index (χ2v) is 5.91. The highest BCUT2D eigenvalue weighted by Gasteiger charge is 2.14. The number of carbonyl (C=O) groups is 1. The van der Waals surface area contributed by atoms with Gasteiger partial charge < -0.3 is 14.3 Å². The summed E-state index contributed by atoms with van der Waals surface area (Å²) >= 11 is 0. The number of amides is 1. The van der Waals surface area contributed by atoms with Crippen molar-refractivity contribution in [3.05, 3.63) is 77.7 Å². The van der Waals surface area contributed by atoms with Gasteiger partial charge in [-0.25, -0.2) is 4.39 Å². The predicted molar refractivity (Wildman–Crippen MR) is 93.7 cm³/mol.